The third-order valence-corrected chi connectivity index (χ3v) is 4.16. The Bertz CT molecular complexity index is 486. The molecule has 1 aromatic rings. The number of benzene rings is 1. The highest BCUT2D eigenvalue weighted by Crippen LogP contribution is 2.43. The summed E-state index contributed by atoms with van der Waals surface area (Å²) in [5.41, 5.74) is 6.86. The van der Waals surface area contributed by atoms with E-state index in [1.807, 2.05) is 0 Å². The summed E-state index contributed by atoms with van der Waals surface area (Å²) in [6.45, 7) is 14.0. The number of allylic oxidation sites excluding steroid dienone is 2. The van der Waals surface area contributed by atoms with Crippen LogP contribution in [0.3, 0.4) is 0 Å². The first-order chi connectivity index (χ1) is 9.17. The number of hydrogen-bond donors (Lipinski definition) is 0. The molecule has 0 heteroatoms. The lowest BCUT2D eigenvalue weighted by atomic mass is 9.82. The van der Waals surface area contributed by atoms with Crippen molar-refractivity contribution in [3.63, 3.8) is 0 Å². The van der Waals surface area contributed by atoms with Crippen LogP contribution in [0.5, 0.6) is 0 Å². The van der Waals surface area contributed by atoms with Crippen molar-refractivity contribution in [1.29, 1.82) is 0 Å². The largest absolute Gasteiger partial charge is 0.0610 e. The van der Waals surface area contributed by atoms with Gasteiger partial charge in [-0.2, -0.15) is 0 Å². The van der Waals surface area contributed by atoms with Crippen LogP contribution >= 0.6 is 0 Å². The van der Waals surface area contributed by atoms with Gasteiger partial charge in [-0.05, 0) is 53.2 Å². The van der Waals surface area contributed by atoms with Gasteiger partial charge in [0.15, 0.2) is 0 Å². The summed E-state index contributed by atoms with van der Waals surface area (Å²) in [4.78, 5) is 0. The predicted molar refractivity (Wildman–Crippen MR) is 89.8 cm³/mol. The minimum atomic E-state index is 0.315. The molecule has 0 saturated carbocycles. The Balaban J connectivity index is 2.26. The Morgan fingerprint density at radius 1 is 0.850 bits per heavy atom. The van der Waals surface area contributed by atoms with E-state index in [9.17, 15) is 0 Å². The maximum absolute atomic E-state index is 2.35. The molecule has 0 nitrogen and oxygen atoms in total. The van der Waals surface area contributed by atoms with Crippen LogP contribution < -0.4 is 0 Å². The average Bonchev–Trinajstić information content (AvgIpc) is 2.76. The average molecular weight is 270 g/mol. The molecule has 1 aliphatic carbocycles. The molecular formula is C20H30. The third kappa shape index (κ3) is 3.75. The fourth-order valence-electron chi connectivity index (χ4n) is 3.33. The summed E-state index contributed by atoms with van der Waals surface area (Å²) in [5.74, 6) is 0. The van der Waals surface area contributed by atoms with Gasteiger partial charge in [0.25, 0.3) is 0 Å². The van der Waals surface area contributed by atoms with Crippen molar-refractivity contribution < 1.29 is 0 Å². The lowest BCUT2D eigenvalue weighted by molar-refractivity contribution is 0.411. The van der Waals surface area contributed by atoms with Gasteiger partial charge in [0.1, 0.15) is 0 Å². The van der Waals surface area contributed by atoms with E-state index in [1.54, 1.807) is 11.1 Å². The summed E-state index contributed by atoms with van der Waals surface area (Å²) in [6, 6.07) is 9.33. The number of hydrogen-bond acceptors (Lipinski definition) is 0. The predicted octanol–water partition coefficient (Wildman–Crippen LogP) is 6.26. The fourth-order valence-corrected chi connectivity index (χ4v) is 3.33. The standard InChI is InChI=1S/C20H30/c1-19(2,3)14-15-10-12-16(13-11-15)17-8-7-9-18(17)20(4,5)6/h10-13H,7-9,14H2,1-6H3. The van der Waals surface area contributed by atoms with E-state index in [4.69, 9.17) is 0 Å². The van der Waals surface area contributed by atoms with Gasteiger partial charge in [0, 0.05) is 0 Å². The summed E-state index contributed by atoms with van der Waals surface area (Å²) in [5, 5.41) is 0. The molecular weight excluding hydrogens is 240 g/mol. The Morgan fingerprint density at radius 2 is 1.45 bits per heavy atom. The molecule has 0 spiro atoms. The third-order valence-electron chi connectivity index (χ3n) is 4.16. The van der Waals surface area contributed by atoms with Crippen molar-refractivity contribution in [2.75, 3.05) is 0 Å². The summed E-state index contributed by atoms with van der Waals surface area (Å²) >= 11 is 0. The molecule has 0 heterocycles. The van der Waals surface area contributed by atoms with Crippen LogP contribution in [-0.2, 0) is 6.42 Å². The zero-order valence-corrected chi connectivity index (χ0v) is 14.1. The van der Waals surface area contributed by atoms with Gasteiger partial charge in [-0.3, -0.25) is 0 Å². The first-order valence-electron chi connectivity index (χ1n) is 7.99. The van der Waals surface area contributed by atoms with Gasteiger partial charge in [0.2, 0.25) is 0 Å². The highest BCUT2D eigenvalue weighted by molar-refractivity contribution is 5.71. The molecule has 0 unspecified atom stereocenters. The summed E-state index contributed by atoms with van der Waals surface area (Å²) < 4.78 is 0. The molecule has 0 saturated heterocycles. The molecule has 20 heavy (non-hydrogen) atoms. The van der Waals surface area contributed by atoms with Gasteiger partial charge in [-0.1, -0.05) is 71.4 Å². The van der Waals surface area contributed by atoms with Crippen LogP contribution in [0.4, 0.5) is 0 Å². The molecule has 0 radical (unpaired) electrons. The van der Waals surface area contributed by atoms with Crippen LogP contribution in [0.1, 0.15) is 71.9 Å². The Kier molecular flexibility index (Phi) is 4.14. The first kappa shape index (κ1) is 15.4. The smallest absolute Gasteiger partial charge is 0.0167 e. The van der Waals surface area contributed by atoms with Crippen LogP contribution in [-0.4, -0.2) is 0 Å². The molecule has 0 amide bonds. The second-order valence-electron chi connectivity index (χ2n) is 8.50. The Hall–Kier alpha value is -1.04. The van der Waals surface area contributed by atoms with E-state index in [0.717, 1.165) is 6.42 Å². The van der Waals surface area contributed by atoms with Crippen molar-refractivity contribution in [1.82, 2.24) is 0 Å². The van der Waals surface area contributed by atoms with E-state index in [-0.39, 0.29) is 0 Å². The molecule has 0 atom stereocenters. The van der Waals surface area contributed by atoms with Crippen LogP contribution in [0.2, 0.25) is 0 Å². The SMILES string of the molecule is CC(C)(C)Cc1ccc(C2=C(C(C)(C)C)CCC2)cc1. The molecule has 0 N–H and O–H groups in total. The van der Waals surface area contributed by atoms with Gasteiger partial charge in [-0.15, -0.1) is 0 Å². The molecule has 0 fully saturated rings. The molecule has 1 aromatic carbocycles. The van der Waals surface area contributed by atoms with Gasteiger partial charge in [-0.25, -0.2) is 0 Å². The highest BCUT2D eigenvalue weighted by Gasteiger charge is 2.25. The second-order valence-corrected chi connectivity index (χ2v) is 8.50. The zero-order valence-electron chi connectivity index (χ0n) is 14.1. The lowest BCUT2D eigenvalue weighted by Crippen LogP contribution is -2.09. The molecule has 0 bridgehead atoms. The van der Waals surface area contributed by atoms with Crippen molar-refractivity contribution in [2.45, 2.75) is 67.2 Å². The molecule has 110 valence electrons. The Labute approximate surface area is 125 Å². The van der Waals surface area contributed by atoms with Gasteiger partial charge >= 0.3 is 0 Å². The highest BCUT2D eigenvalue weighted by atomic mass is 14.3. The quantitative estimate of drug-likeness (QED) is 0.595. The Morgan fingerprint density at radius 3 is 1.95 bits per heavy atom. The zero-order chi connectivity index (χ0) is 15.0. The van der Waals surface area contributed by atoms with Crippen LogP contribution in [0.15, 0.2) is 29.8 Å². The van der Waals surface area contributed by atoms with Crippen LogP contribution in [0.25, 0.3) is 5.57 Å². The van der Waals surface area contributed by atoms with Gasteiger partial charge in [0.05, 0.1) is 0 Å². The molecule has 0 aromatic heterocycles. The second kappa shape index (κ2) is 5.39. The first-order valence-corrected chi connectivity index (χ1v) is 7.99. The van der Waals surface area contributed by atoms with E-state index >= 15 is 0 Å². The minimum Gasteiger partial charge on any atom is -0.0610 e. The van der Waals surface area contributed by atoms with E-state index in [2.05, 4.69) is 65.8 Å². The van der Waals surface area contributed by atoms with Crippen molar-refractivity contribution >= 4 is 5.57 Å². The van der Waals surface area contributed by atoms with E-state index in [1.165, 1.54) is 30.4 Å². The normalized spacial score (nSPS) is 16.9. The molecule has 0 aliphatic heterocycles. The maximum Gasteiger partial charge on any atom is -0.0167 e. The van der Waals surface area contributed by atoms with E-state index < -0.39 is 0 Å². The molecule has 2 rings (SSSR count). The van der Waals surface area contributed by atoms with Crippen molar-refractivity contribution in [3.05, 3.63) is 41.0 Å². The summed E-state index contributed by atoms with van der Waals surface area (Å²) in [6.07, 6.45) is 5.01. The topological polar surface area (TPSA) is 0 Å². The maximum atomic E-state index is 2.35. The molecule has 1 aliphatic rings. The van der Waals surface area contributed by atoms with E-state index in [0.29, 0.717) is 10.8 Å². The number of rotatable bonds is 2. The van der Waals surface area contributed by atoms with Gasteiger partial charge < -0.3 is 0 Å². The fraction of sp³-hybridized carbons (Fsp3) is 0.600. The lowest BCUT2D eigenvalue weighted by Gasteiger charge is -2.23. The van der Waals surface area contributed by atoms with Crippen molar-refractivity contribution in [3.8, 4) is 0 Å². The minimum absolute atomic E-state index is 0.315. The monoisotopic (exact) mass is 270 g/mol. The van der Waals surface area contributed by atoms with Crippen molar-refractivity contribution in [2.24, 2.45) is 10.8 Å². The summed E-state index contributed by atoms with van der Waals surface area (Å²) in [7, 11) is 0. The van der Waals surface area contributed by atoms with Crippen LogP contribution in [0, 0.1) is 10.8 Å².